The molecule has 0 aliphatic carbocycles. The van der Waals surface area contributed by atoms with E-state index in [9.17, 15) is 8.78 Å². The van der Waals surface area contributed by atoms with Gasteiger partial charge in [-0.1, -0.05) is 0 Å². The van der Waals surface area contributed by atoms with Gasteiger partial charge in [-0.3, -0.25) is 5.32 Å². The van der Waals surface area contributed by atoms with Crippen molar-refractivity contribution >= 4 is 11.6 Å². The molecule has 1 heterocycles. The summed E-state index contributed by atoms with van der Waals surface area (Å²) in [5, 5.41) is 2.05. The first-order chi connectivity index (χ1) is 4.20. The van der Waals surface area contributed by atoms with Crippen LogP contribution in [0.2, 0.25) is 0 Å². The largest absolute Gasteiger partial charge is 0.284 e. The molecule has 1 fully saturated rings. The van der Waals surface area contributed by atoms with Crippen LogP contribution in [0.3, 0.4) is 0 Å². The number of rotatable bonds is 0. The maximum atomic E-state index is 12.3. The minimum Gasteiger partial charge on any atom is -0.284 e. The highest BCUT2D eigenvalue weighted by Crippen LogP contribution is 2.17. The van der Waals surface area contributed by atoms with Gasteiger partial charge < -0.3 is 0 Å². The summed E-state index contributed by atoms with van der Waals surface area (Å²) >= 11 is 5.51. The van der Waals surface area contributed by atoms with E-state index in [1.165, 1.54) is 0 Å². The third kappa shape index (κ3) is 1.76. The quantitative estimate of drug-likeness (QED) is 0.410. The monoisotopic (exact) mass is 155 g/mol. The topological polar surface area (TPSA) is 12.0 Å². The molecule has 3 atom stereocenters. The summed E-state index contributed by atoms with van der Waals surface area (Å²) in [4.78, 5) is 0. The van der Waals surface area contributed by atoms with Crippen LogP contribution >= 0.6 is 11.6 Å². The molecule has 0 bridgehead atoms. The summed E-state index contributed by atoms with van der Waals surface area (Å²) in [6.07, 6.45) is -2.82. The van der Waals surface area contributed by atoms with Crippen molar-refractivity contribution in [3.05, 3.63) is 0 Å². The van der Waals surface area contributed by atoms with Gasteiger partial charge in [0.05, 0.1) is 0 Å². The highest BCUT2D eigenvalue weighted by atomic mass is 35.5. The molecule has 4 heteroatoms. The van der Waals surface area contributed by atoms with Crippen molar-refractivity contribution in [1.29, 1.82) is 0 Å². The molecule has 1 rings (SSSR count). The number of piperidine rings is 1. The second kappa shape index (κ2) is 2.80. The smallest absolute Gasteiger partial charge is 0.182 e. The van der Waals surface area contributed by atoms with Crippen molar-refractivity contribution < 1.29 is 8.78 Å². The molecule has 0 aromatic heterocycles. The van der Waals surface area contributed by atoms with E-state index in [2.05, 4.69) is 5.32 Å². The van der Waals surface area contributed by atoms with Gasteiger partial charge in [0.15, 0.2) is 6.30 Å². The number of alkyl halides is 3. The van der Waals surface area contributed by atoms with E-state index in [0.29, 0.717) is 6.54 Å². The highest BCUT2D eigenvalue weighted by molar-refractivity contribution is 6.20. The molecule has 54 valence electrons. The Balaban J connectivity index is 2.35. The Bertz CT molecular complexity index is 101. The first-order valence-corrected chi connectivity index (χ1v) is 3.29. The van der Waals surface area contributed by atoms with Crippen LogP contribution in [0.25, 0.3) is 0 Å². The number of halogens is 3. The van der Waals surface area contributed by atoms with E-state index in [-0.39, 0.29) is 11.8 Å². The highest BCUT2D eigenvalue weighted by Gasteiger charge is 2.28. The second-order valence-corrected chi connectivity index (χ2v) is 2.78. The minimum atomic E-state index is -1.51. The number of nitrogens with one attached hydrogen (secondary N) is 1. The maximum Gasteiger partial charge on any atom is 0.182 e. The summed E-state index contributed by atoms with van der Waals surface area (Å²) in [5.41, 5.74) is 0. The molecule has 0 saturated carbocycles. The molecular weight excluding hydrogens is 148 g/mol. The molecule has 1 saturated heterocycles. The predicted molar refractivity (Wildman–Crippen MR) is 32.1 cm³/mol. The summed E-state index contributed by atoms with van der Waals surface area (Å²) in [6.45, 7) is 0.364. The fourth-order valence-corrected chi connectivity index (χ4v) is 1.07. The van der Waals surface area contributed by atoms with Crippen LogP contribution < -0.4 is 5.32 Å². The van der Waals surface area contributed by atoms with E-state index in [1.807, 2.05) is 0 Å². The molecule has 0 amide bonds. The van der Waals surface area contributed by atoms with Gasteiger partial charge in [0, 0.05) is 18.3 Å². The SMILES string of the molecule is FC1CC(Cl)CNC1F. The standard InChI is InChI=1S/C5H8ClF2N/c6-3-1-4(7)5(8)9-2-3/h3-5,9H,1-2H2. The Morgan fingerprint density at radius 3 is 2.56 bits per heavy atom. The second-order valence-electron chi connectivity index (χ2n) is 2.16. The van der Waals surface area contributed by atoms with Crippen molar-refractivity contribution in [1.82, 2.24) is 5.32 Å². The van der Waals surface area contributed by atoms with Gasteiger partial charge in [-0.15, -0.1) is 11.6 Å². The van der Waals surface area contributed by atoms with Gasteiger partial charge in [-0.25, -0.2) is 8.78 Å². The fourth-order valence-electron chi connectivity index (χ4n) is 0.815. The molecule has 0 aromatic rings. The van der Waals surface area contributed by atoms with Crippen LogP contribution in [0, 0.1) is 0 Å². The average Bonchev–Trinajstić information content (AvgIpc) is 1.80. The normalized spacial score (nSPS) is 45.0. The zero-order valence-electron chi connectivity index (χ0n) is 4.78. The van der Waals surface area contributed by atoms with E-state index in [4.69, 9.17) is 11.6 Å². The van der Waals surface area contributed by atoms with Gasteiger partial charge >= 0.3 is 0 Å². The Morgan fingerprint density at radius 1 is 1.44 bits per heavy atom. The lowest BCUT2D eigenvalue weighted by Crippen LogP contribution is -2.44. The van der Waals surface area contributed by atoms with Gasteiger partial charge in [-0.2, -0.15) is 0 Å². The van der Waals surface area contributed by atoms with Crippen molar-refractivity contribution in [3.63, 3.8) is 0 Å². The van der Waals surface area contributed by atoms with Crippen LogP contribution in [-0.2, 0) is 0 Å². The lowest BCUT2D eigenvalue weighted by Gasteiger charge is -2.24. The molecule has 9 heavy (non-hydrogen) atoms. The summed E-state index contributed by atoms with van der Waals surface area (Å²) in [6, 6.07) is 0. The van der Waals surface area contributed by atoms with Gasteiger partial charge in [0.2, 0.25) is 0 Å². The predicted octanol–water partition coefficient (Wildman–Crippen LogP) is 1.22. The minimum absolute atomic E-state index is 0.121. The van der Waals surface area contributed by atoms with E-state index < -0.39 is 12.5 Å². The molecule has 1 N–H and O–H groups in total. The third-order valence-electron chi connectivity index (χ3n) is 1.33. The van der Waals surface area contributed by atoms with Crippen LogP contribution in [-0.4, -0.2) is 24.4 Å². The van der Waals surface area contributed by atoms with Crippen molar-refractivity contribution in [3.8, 4) is 0 Å². The molecule has 0 radical (unpaired) electrons. The van der Waals surface area contributed by atoms with E-state index in [0.717, 1.165) is 0 Å². The van der Waals surface area contributed by atoms with E-state index >= 15 is 0 Å². The number of hydrogen-bond donors (Lipinski definition) is 1. The lowest BCUT2D eigenvalue weighted by molar-refractivity contribution is 0.103. The van der Waals surface area contributed by atoms with Crippen molar-refractivity contribution in [2.75, 3.05) is 6.54 Å². The Kier molecular flexibility index (Phi) is 2.24. The number of hydrogen-bond acceptors (Lipinski definition) is 1. The molecule has 1 aliphatic rings. The van der Waals surface area contributed by atoms with Crippen LogP contribution in [0.5, 0.6) is 0 Å². The van der Waals surface area contributed by atoms with Crippen LogP contribution in [0.1, 0.15) is 6.42 Å². The molecule has 3 unspecified atom stereocenters. The Hall–Kier alpha value is 0.110. The first kappa shape index (κ1) is 7.22. The molecule has 0 aromatic carbocycles. The van der Waals surface area contributed by atoms with Crippen LogP contribution in [0.4, 0.5) is 8.78 Å². The Labute approximate surface area is 57.4 Å². The lowest BCUT2D eigenvalue weighted by atomic mass is 10.1. The molecular formula is C5H8ClF2N. The van der Waals surface area contributed by atoms with Gasteiger partial charge in [-0.05, 0) is 0 Å². The molecule has 1 nitrogen and oxygen atoms in total. The fraction of sp³-hybridized carbons (Fsp3) is 1.00. The van der Waals surface area contributed by atoms with Crippen molar-refractivity contribution in [2.45, 2.75) is 24.3 Å². The van der Waals surface area contributed by atoms with E-state index in [1.54, 1.807) is 0 Å². The molecule has 1 aliphatic heterocycles. The maximum absolute atomic E-state index is 12.3. The summed E-state index contributed by atoms with van der Waals surface area (Å²) < 4.78 is 24.5. The first-order valence-electron chi connectivity index (χ1n) is 2.85. The van der Waals surface area contributed by atoms with Crippen molar-refractivity contribution in [2.24, 2.45) is 0 Å². The zero-order valence-corrected chi connectivity index (χ0v) is 5.54. The summed E-state index contributed by atoms with van der Waals surface area (Å²) in [7, 11) is 0. The van der Waals surface area contributed by atoms with Gasteiger partial charge in [0.25, 0.3) is 0 Å². The molecule has 0 spiro atoms. The zero-order chi connectivity index (χ0) is 6.85. The van der Waals surface area contributed by atoms with Gasteiger partial charge in [0.1, 0.15) is 6.17 Å². The van der Waals surface area contributed by atoms with Crippen LogP contribution in [0.15, 0.2) is 0 Å². The summed E-state index contributed by atoms with van der Waals surface area (Å²) in [5.74, 6) is 0. The Morgan fingerprint density at radius 2 is 2.11 bits per heavy atom. The average molecular weight is 156 g/mol. The third-order valence-corrected chi connectivity index (χ3v) is 1.67.